The number of rotatable bonds is 12. The van der Waals surface area contributed by atoms with Crippen molar-refractivity contribution in [3.05, 3.63) is 75.5 Å². The van der Waals surface area contributed by atoms with Crippen molar-refractivity contribution in [1.82, 2.24) is 9.80 Å². The van der Waals surface area contributed by atoms with Gasteiger partial charge in [0.2, 0.25) is 0 Å². The Bertz CT molecular complexity index is 1070. The third-order valence-corrected chi connectivity index (χ3v) is 13.7. The van der Waals surface area contributed by atoms with E-state index in [0.717, 1.165) is 80.6 Å². The summed E-state index contributed by atoms with van der Waals surface area (Å²) in [6, 6.07) is 1.41. The Hall–Kier alpha value is 1.27. The van der Waals surface area contributed by atoms with E-state index in [-0.39, 0.29) is 65.4 Å². The summed E-state index contributed by atoms with van der Waals surface area (Å²) in [4.78, 5) is 5.04. The largest absolute Gasteiger partial charge is 3.00 e. The van der Waals surface area contributed by atoms with Crippen molar-refractivity contribution in [3.8, 4) is 0 Å². The third kappa shape index (κ3) is 72.0. The van der Waals surface area contributed by atoms with Crippen LogP contribution in [0, 0.1) is 106 Å². The van der Waals surface area contributed by atoms with Gasteiger partial charge >= 0.3 is 65.4 Å². The summed E-state index contributed by atoms with van der Waals surface area (Å²) < 4.78 is 11.4. The van der Waals surface area contributed by atoms with E-state index in [0.29, 0.717) is 48.0 Å². The average molecular weight is 1310 g/mol. The summed E-state index contributed by atoms with van der Waals surface area (Å²) in [5.74, 6) is 7.70. The third-order valence-electron chi connectivity index (χ3n) is 13.7. The monoisotopic (exact) mass is 1310 g/mol. The summed E-state index contributed by atoms with van der Waals surface area (Å²) >= 11 is 0. The van der Waals surface area contributed by atoms with Gasteiger partial charge in [-0.15, -0.1) is 0 Å². The summed E-state index contributed by atoms with van der Waals surface area (Å²) in [6.45, 7) is 98.4. The van der Waals surface area contributed by atoms with Crippen molar-refractivity contribution in [3.63, 3.8) is 0 Å². The molecule has 0 bridgehead atoms. The van der Waals surface area contributed by atoms with Gasteiger partial charge in [0.25, 0.3) is 0 Å². The zero-order valence-electron chi connectivity index (χ0n) is 63.9. The zero-order chi connectivity index (χ0) is 65.7. The van der Waals surface area contributed by atoms with Crippen LogP contribution in [0.5, 0.6) is 0 Å². The quantitative estimate of drug-likeness (QED) is 0.144. The first-order valence-electron chi connectivity index (χ1n) is 34.1. The molecule has 0 saturated carbocycles. The number of hydrogen-bond acceptors (Lipinski definition) is 4. The van der Waals surface area contributed by atoms with E-state index < -0.39 is 0 Å². The SMILES string of the molecule is CC.CC.CC.CC.CC.CC.CC(C)C1=CCC(C(C)C)CC1.CC(C)C1=CCN(C(C)C)CC1.CC(C)C1=CCN(C(C)C)CC1.CC(C)C1COC(C(C)C)CO1.C[CH-]C.C[CH-]C.[CH2-]C([CH2-])C(C)C.[CH2-]CC(C[CH2-])C(C)C.[Y+3].[Y+3]. The summed E-state index contributed by atoms with van der Waals surface area (Å²) in [5, 5.41) is 0. The Morgan fingerprint density at radius 2 is 0.720 bits per heavy atom. The van der Waals surface area contributed by atoms with Crippen LogP contribution in [0.25, 0.3) is 0 Å². The van der Waals surface area contributed by atoms with Crippen LogP contribution in [0.4, 0.5) is 0 Å². The Morgan fingerprint density at radius 3 is 0.841 bits per heavy atom. The van der Waals surface area contributed by atoms with Gasteiger partial charge < -0.3 is 55.9 Å². The Balaban J connectivity index is -0.0000000680. The van der Waals surface area contributed by atoms with Crippen molar-refractivity contribution < 1.29 is 74.9 Å². The molecule has 0 N–H and O–H groups in total. The van der Waals surface area contributed by atoms with Gasteiger partial charge in [-0.3, -0.25) is 9.80 Å². The fourth-order valence-corrected chi connectivity index (χ4v) is 7.51. The van der Waals surface area contributed by atoms with E-state index in [4.69, 9.17) is 9.47 Å². The average Bonchev–Trinajstić information content (AvgIpc) is 3.45. The van der Waals surface area contributed by atoms with E-state index in [2.05, 4.69) is 194 Å². The Labute approximate surface area is 578 Å². The molecule has 0 aromatic carbocycles. The first-order valence-corrected chi connectivity index (χ1v) is 34.1. The van der Waals surface area contributed by atoms with Gasteiger partial charge in [0.15, 0.2) is 0 Å². The molecule has 4 rings (SSSR count). The molecule has 4 aliphatic rings. The molecule has 0 aromatic rings. The summed E-state index contributed by atoms with van der Waals surface area (Å²) in [7, 11) is 0. The van der Waals surface area contributed by atoms with E-state index in [1.165, 1.54) is 45.2 Å². The predicted octanol–water partition coefficient (Wildman–Crippen LogP) is 24.7. The molecular weight excluding hydrogens is 1150 g/mol. The van der Waals surface area contributed by atoms with E-state index in [1.54, 1.807) is 16.7 Å². The van der Waals surface area contributed by atoms with Crippen molar-refractivity contribution >= 4 is 0 Å². The second-order valence-corrected chi connectivity index (χ2v) is 23.2. The minimum Gasteiger partial charge on any atom is -0.373 e. The number of ether oxygens (including phenoxy) is 2. The Morgan fingerprint density at radius 1 is 0.451 bits per heavy atom. The molecule has 4 nitrogen and oxygen atoms in total. The van der Waals surface area contributed by atoms with Crippen LogP contribution < -0.4 is 0 Å². The first kappa shape index (κ1) is 111. The second kappa shape index (κ2) is 82.3. The van der Waals surface area contributed by atoms with Crippen molar-refractivity contribution in [2.75, 3.05) is 39.4 Å². The molecule has 1 fully saturated rings. The van der Waals surface area contributed by atoms with Crippen molar-refractivity contribution in [1.29, 1.82) is 0 Å². The molecule has 0 spiro atoms. The molecule has 3 aliphatic heterocycles. The van der Waals surface area contributed by atoms with Gasteiger partial charge in [0.1, 0.15) is 0 Å². The zero-order valence-corrected chi connectivity index (χ0v) is 69.6. The van der Waals surface area contributed by atoms with Gasteiger partial charge in [-0.05, 0) is 107 Å². The molecule has 3 unspecified atom stereocenters. The molecule has 82 heavy (non-hydrogen) atoms. The van der Waals surface area contributed by atoms with Crippen LogP contribution in [0.2, 0.25) is 0 Å². The maximum atomic E-state index is 5.69. The van der Waals surface area contributed by atoms with E-state index in [9.17, 15) is 0 Å². The molecule has 1 saturated heterocycles. The van der Waals surface area contributed by atoms with Crippen LogP contribution in [-0.4, -0.2) is 73.5 Å². The fraction of sp³-hybridized carbons (Fsp3) is 0.842. The van der Waals surface area contributed by atoms with Crippen LogP contribution in [0.1, 0.15) is 294 Å². The smallest absolute Gasteiger partial charge is 0.373 e. The van der Waals surface area contributed by atoms with Gasteiger partial charge in [-0.25, -0.2) is 0 Å². The van der Waals surface area contributed by atoms with Crippen LogP contribution in [0.3, 0.4) is 0 Å². The molecule has 6 heteroatoms. The van der Waals surface area contributed by atoms with E-state index in [1.807, 2.05) is 124 Å². The molecular formula is C76H162N2O2Y2. The second-order valence-electron chi connectivity index (χ2n) is 23.2. The maximum Gasteiger partial charge on any atom is 3.00 e. The normalized spacial score (nSPS) is 17.0. The van der Waals surface area contributed by atoms with Gasteiger partial charge in [0.05, 0.1) is 25.4 Å². The van der Waals surface area contributed by atoms with Crippen molar-refractivity contribution in [2.45, 2.75) is 318 Å². The molecule has 0 amide bonds. The van der Waals surface area contributed by atoms with Gasteiger partial charge in [-0.1, -0.05) is 241 Å². The van der Waals surface area contributed by atoms with Crippen LogP contribution >= 0.6 is 0 Å². The van der Waals surface area contributed by atoms with Gasteiger partial charge in [-0.2, -0.15) is 40.5 Å². The number of nitrogens with zero attached hydrogens (tertiary/aromatic N) is 2. The molecule has 3 heterocycles. The van der Waals surface area contributed by atoms with E-state index >= 15 is 0 Å². The number of hydrogen-bond donors (Lipinski definition) is 0. The van der Waals surface area contributed by atoms with Gasteiger partial charge in [0, 0.05) is 38.3 Å². The Kier molecular flexibility index (Phi) is 111. The number of allylic oxidation sites excluding steroid dienone is 2. The van der Waals surface area contributed by atoms with Crippen LogP contribution in [0.15, 0.2) is 34.9 Å². The predicted molar refractivity (Wildman–Crippen MR) is 379 cm³/mol. The molecule has 3 atom stereocenters. The fourth-order valence-electron chi connectivity index (χ4n) is 7.51. The molecule has 0 radical (unpaired) electrons. The minimum absolute atomic E-state index is 0. The standard InChI is InChI=1S/C12H22.2C11H21N.C10H20O2.C8H16.C6H12.2C3H7.6C2H6.2Y/c3*1-9(2)11-5-7-12(8-6-11)10(3)4;1-7(2)9-5-12-10(6-11-9)8(3)4;1-5-8(6-2)7(3)4;1-5(2)6(3)4;2*1-3-2;6*1-2;;/h5,9-10,12H,6-8H2,1-4H3;2*5,9-10H,6-8H2,1-4H3;7-10H,5-6H2,1-4H3;7-8H,1-2,5-6H2,3-4H3;5-6H,1-2H2,3-4H3;2*3H,1-2H3;6*1-2H3;;/q;;;;2*-2;2*-1;;;;;;;2*+3. The molecule has 1 aliphatic carbocycles. The minimum atomic E-state index is 0. The first-order chi connectivity index (χ1) is 37.6. The summed E-state index contributed by atoms with van der Waals surface area (Å²) in [6.07, 6.45) is 20.6. The topological polar surface area (TPSA) is 24.9 Å². The molecule has 0 aromatic heterocycles. The van der Waals surface area contributed by atoms with Crippen molar-refractivity contribution in [2.24, 2.45) is 65.1 Å². The maximum absolute atomic E-state index is 5.69. The summed E-state index contributed by atoms with van der Waals surface area (Å²) in [5.41, 5.74) is 4.98. The molecule has 494 valence electrons. The van der Waals surface area contributed by atoms with Crippen LogP contribution in [-0.2, 0) is 74.9 Å².